The normalized spacial score (nSPS) is 11.4. The summed E-state index contributed by atoms with van der Waals surface area (Å²) in [6.07, 6.45) is 5.48. The smallest absolute Gasteiger partial charge is 0.154 e. The van der Waals surface area contributed by atoms with Gasteiger partial charge in [-0.2, -0.15) is 5.10 Å². The second-order valence-corrected chi connectivity index (χ2v) is 6.88. The molecule has 0 radical (unpaired) electrons. The van der Waals surface area contributed by atoms with Crippen LogP contribution >= 0.6 is 11.3 Å². The van der Waals surface area contributed by atoms with Crippen LogP contribution in [0.25, 0.3) is 38.0 Å². The Morgan fingerprint density at radius 2 is 2.00 bits per heavy atom. The standard InChI is InChI=1S/C18H14N6OS/c25-10-17-21-12-2-1-11(9-14(12)22-17)24-8-7-19-18(24)16-4-3-15(26-16)13-5-6-20-23-13/h1-9,25H,10H2,(H,20,23)(H,21,22). The summed E-state index contributed by atoms with van der Waals surface area (Å²) in [6.45, 7) is -0.105. The molecule has 26 heavy (non-hydrogen) atoms. The number of thiophene rings is 1. The Hall–Kier alpha value is -3.23. The maximum atomic E-state index is 9.25. The van der Waals surface area contributed by atoms with Crippen molar-refractivity contribution in [3.8, 4) is 27.0 Å². The molecule has 0 saturated carbocycles. The molecule has 0 aliphatic carbocycles. The van der Waals surface area contributed by atoms with Gasteiger partial charge in [0, 0.05) is 24.3 Å². The van der Waals surface area contributed by atoms with Crippen molar-refractivity contribution in [2.24, 2.45) is 0 Å². The van der Waals surface area contributed by atoms with Crippen molar-refractivity contribution >= 4 is 22.4 Å². The minimum Gasteiger partial charge on any atom is -0.388 e. The highest BCUT2D eigenvalue weighted by Crippen LogP contribution is 2.33. The molecular formula is C18H14N6OS. The van der Waals surface area contributed by atoms with E-state index in [1.807, 2.05) is 35.0 Å². The monoisotopic (exact) mass is 362 g/mol. The molecule has 4 aromatic heterocycles. The van der Waals surface area contributed by atoms with Gasteiger partial charge in [-0.15, -0.1) is 11.3 Å². The zero-order valence-electron chi connectivity index (χ0n) is 13.5. The number of aromatic amines is 2. The summed E-state index contributed by atoms with van der Waals surface area (Å²) in [5.41, 5.74) is 3.69. The van der Waals surface area contributed by atoms with E-state index in [4.69, 9.17) is 0 Å². The Morgan fingerprint density at radius 1 is 1.08 bits per heavy atom. The van der Waals surface area contributed by atoms with E-state index in [0.29, 0.717) is 5.82 Å². The fourth-order valence-electron chi connectivity index (χ4n) is 2.97. The Morgan fingerprint density at radius 3 is 2.85 bits per heavy atom. The van der Waals surface area contributed by atoms with Gasteiger partial charge in [0.15, 0.2) is 5.82 Å². The second kappa shape index (κ2) is 5.94. The van der Waals surface area contributed by atoms with Crippen molar-refractivity contribution in [1.29, 1.82) is 0 Å². The molecule has 8 heteroatoms. The Kier molecular flexibility index (Phi) is 3.44. The van der Waals surface area contributed by atoms with Crippen LogP contribution in [0.3, 0.4) is 0 Å². The van der Waals surface area contributed by atoms with Crippen LogP contribution in [0.4, 0.5) is 0 Å². The highest BCUT2D eigenvalue weighted by atomic mass is 32.1. The van der Waals surface area contributed by atoms with Gasteiger partial charge in [-0.05, 0) is 36.4 Å². The zero-order chi connectivity index (χ0) is 17.5. The number of aliphatic hydroxyl groups excluding tert-OH is 1. The molecular weight excluding hydrogens is 348 g/mol. The average molecular weight is 362 g/mol. The number of hydrogen-bond acceptors (Lipinski definition) is 5. The number of nitrogens with one attached hydrogen (secondary N) is 2. The lowest BCUT2D eigenvalue weighted by molar-refractivity contribution is 0.273. The molecule has 0 atom stereocenters. The van der Waals surface area contributed by atoms with Crippen LogP contribution in [0.1, 0.15) is 5.82 Å². The Labute approximate surface area is 152 Å². The highest BCUT2D eigenvalue weighted by molar-refractivity contribution is 7.18. The lowest BCUT2D eigenvalue weighted by Gasteiger charge is -2.06. The molecule has 5 aromatic rings. The van der Waals surface area contributed by atoms with Crippen LogP contribution in [-0.2, 0) is 6.61 Å². The van der Waals surface area contributed by atoms with Gasteiger partial charge < -0.3 is 10.1 Å². The van der Waals surface area contributed by atoms with E-state index >= 15 is 0 Å². The Bertz CT molecular complexity index is 1180. The van der Waals surface area contributed by atoms with Crippen LogP contribution in [0.2, 0.25) is 0 Å². The van der Waals surface area contributed by atoms with Crippen molar-refractivity contribution in [3.63, 3.8) is 0 Å². The molecule has 0 spiro atoms. The van der Waals surface area contributed by atoms with E-state index in [0.717, 1.165) is 38.0 Å². The minimum atomic E-state index is -0.105. The van der Waals surface area contributed by atoms with Gasteiger partial charge in [0.2, 0.25) is 0 Å². The van der Waals surface area contributed by atoms with Gasteiger partial charge in [0.25, 0.3) is 0 Å². The lowest BCUT2D eigenvalue weighted by atomic mass is 10.2. The number of benzene rings is 1. The number of hydrogen-bond donors (Lipinski definition) is 3. The van der Waals surface area contributed by atoms with Crippen molar-refractivity contribution in [2.75, 3.05) is 0 Å². The van der Waals surface area contributed by atoms with Crippen LogP contribution in [0.15, 0.2) is 55.0 Å². The summed E-state index contributed by atoms with van der Waals surface area (Å²) in [5, 5.41) is 16.2. The van der Waals surface area contributed by atoms with Gasteiger partial charge in [-0.25, -0.2) is 9.97 Å². The van der Waals surface area contributed by atoms with Crippen molar-refractivity contribution in [2.45, 2.75) is 6.61 Å². The van der Waals surface area contributed by atoms with E-state index < -0.39 is 0 Å². The van der Waals surface area contributed by atoms with E-state index in [-0.39, 0.29) is 6.61 Å². The number of aliphatic hydroxyl groups is 1. The van der Waals surface area contributed by atoms with Crippen LogP contribution in [0.5, 0.6) is 0 Å². The molecule has 0 unspecified atom stereocenters. The first-order valence-corrected chi connectivity index (χ1v) is 8.86. The largest absolute Gasteiger partial charge is 0.388 e. The van der Waals surface area contributed by atoms with Crippen LogP contribution in [-0.4, -0.2) is 34.8 Å². The van der Waals surface area contributed by atoms with Gasteiger partial charge in [-0.1, -0.05) is 0 Å². The highest BCUT2D eigenvalue weighted by Gasteiger charge is 2.13. The molecule has 0 bridgehead atoms. The fourth-order valence-corrected chi connectivity index (χ4v) is 3.94. The van der Waals surface area contributed by atoms with Gasteiger partial charge in [0.1, 0.15) is 12.4 Å². The van der Waals surface area contributed by atoms with Crippen molar-refractivity contribution < 1.29 is 5.11 Å². The number of nitrogens with zero attached hydrogens (tertiary/aromatic N) is 4. The topological polar surface area (TPSA) is 95.4 Å². The third-order valence-corrected chi connectivity index (χ3v) is 5.29. The first-order chi connectivity index (χ1) is 12.8. The van der Waals surface area contributed by atoms with E-state index in [2.05, 4.69) is 37.3 Å². The van der Waals surface area contributed by atoms with Gasteiger partial charge in [0.05, 0.1) is 26.5 Å². The van der Waals surface area contributed by atoms with Gasteiger partial charge >= 0.3 is 0 Å². The summed E-state index contributed by atoms with van der Waals surface area (Å²) in [6, 6.07) is 12.0. The third-order valence-electron chi connectivity index (χ3n) is 4.18. The molecule has 0 aliphatic heterocycles. The lowest BCUT2D eigenvalue weighted by Crippen LogP contribution is -1.94. The minimum absolute atomic E-state index is 0.105. The quantitative estimate of drug-likeness (QED) is 0.457. The van der Waals surface area contributed by atoms with Crippen molar-refractivity contribution in [1.82, 2.24) is 29.7 Å². The number of rotatable bonds is 4. The van der Waals surface area contributed by atoms with E-state index in [9.17, 15) is 5.11 Å². The molecule has 7 nitrogen and oxygen atoms in total. The number of aromatic nitrogens is 6. The molecule has 128 valence electrons. The molecule has 0 saturated heterocycles. The summed E-state index contributed by atoms with van der Waals surface area (Å²) < 4.78 is 2.04. The SMILES string of the molecule is OCc1nc2ccc(-n3ccnc3-c3ccc(-c4ccn[nH]4)s3)cc2[nH]1. The van der Waals surface area contributed by atoms with E-state index in [1.165, 1.54) is 0 Å². The predicted octanol–water partition coefficient (Wildman–Crippen LogP) is 3.36. The van der Waals surface area contributed by atoms with Gasteiger partial charge in [-0.3, -0.25) is 9.67 Å². The molecule has 1 aromatic carbocycles. The summed E-state index contributed by atoms with van der Waals surface area (Å²) in [7, 11) is 0. The summed E-state index contributed by atoms with van der Waals surface area (Å²) in [5.74, 6) is 1.44. The maximum Gasteiger partial charge on any atom is 0.154 e. The first-order valence-electron chi connectivity index (χ1n) is 8.05. The zero-order valence-corrected chi connectivity index (χ0v) is 14.4. The molecule has 3 N–H and O–H groups in total. The average Bonchev–Trinajstić information content (AvgIpc) is 3.46. The number of fused-ring (bicyclic) bond motifs is 1. The van der Waals surface area contributed by atoms with Crippen LogP contribution in [0, 0.1) is 0 Å². The molecule has 0 fully saturated rings. The second-order valence-electron chi connectivity index (χ2n) is 5.80. The summed E-state index contributed by atoms with van der Waals surface area (Å²) >= 11 is 1.66. The predicted molar refractivity (Wildman–Crippen MR) is 100 cm³/mol. The fraction of sp³-hybridized carbons (Fsp3) is 0.0556. The first kappa shape index (κ1) is 15.1. The maximum absolute atomic E-state index is 9.25. The number of imidazole rings is 2. The molecule has 5 rings (SSSR count). The van der Waals surface area contributed by atoms with Crippen molar-refractivity contribution in [3.05, 3.63) is 60.8 Å². The van der Waals surface area contributed by atoms with Crippen LogP contribution < -0.4 is 0 Å². The molecule has 0 amide bonds. The molecule has 4 heterocycles. The number of H-pyrrole nitrogens is 2. The third kappa shape index (κ3) is 2.43. The molecule has 0 aliphatic rings. The Balaban J connectivity index is 1.57. The summed E-state index contributed by atoms with van der Waals surface area (Å²) in [4.78, 5) is 14.2. The van der Waals surface area contributed by atoms with E-state index in [1.54, 1.807) is 23.7 Å².